The van der Waals surface area contributed by atoms with E-state index in [0.717, 1.165) is 29.4 Å². The summed E-state index contributed by atoms with van der Waals surface area (Å²) in [6.45, 7) is 2.72. The second-order valence-corrected chi connectivity index (χ2v) is 9.84. The van der Waals surface area contributed by atoms with Crippen molar-refractivity contribution in [2.75, 3.05) is 6.54 Å². The Balaban J connectivity index is 1.53. The minimum Gasteiger partial charge on any atom is -0.390 e. The number of aromatic nitrogens is 1. The molecule has 0 unspecified atom stereocenters. The minimum absolute atomic E-state index is 0.00389. The number of carbonyl (C=O) groups excluding carboxylic acids is 1. The van der Waals surface area contributed by atoms with Gasteiger partial charge in [-0.1, -0.05) is 31.2 Å². The molecule has 0 saturated carbocycles. The summed E-state index contributed by atoms with van der Waals surface area (Å²) in [6, 6.07) is 16.1. The van der Waals surface area contributed by atoms with Crippen LogP contribution >= 0.6 is 11.3 Å². The zero-order chi connectivity index (χ0) is 27.1. The van der Waals surface area contributed by atoms with Crippen LogP contribution in [0.4, 0.5) is 8.78 Å². The molecule has 3 N–H and O–H groups in total. The standard InChI is InChI=1S/C29H28F2N4O2S/c1-2-19-6-5-7-20(10-19)16-33-17-26(36)25(13-21-11-23(30)14-24(31)12-21)34-29(37)28-27(22(15-32)18-38-28)35-8-3-4-9-35/h3-12,14,18,25-26,33,36H,2,13,16-17H2,1H3,(H,34,37)/t25-,26-/m0/s1. The molecule has 0 aliphatic rings. The fraction of sp³-hybridized carbons (Fsp3) is 0.241. The van der Waals surface area contributed by atoms with E-state index in [4.69, 9.17) is 0 Å². The van der Waals surface area contributed by atoms with Crippen LogP contribution in [0.25, 0.3) is 5.69 Å². The van der Waals surface area contributed by atoms with Crippen LogP contribution in [0.1, 0.15) is 38.8 Å². The van der Waals surface area contributed by atoms with E-state index in [1.807, 2.05) is 18.2 Å². The molecule has 0 radical (unpaired) electrons. The third-order valence-corrected chi connectivity index (χ3v) is 7.16. The Bertz CT molecular complexity index is 1410. The molecular formula is C29H28F2N4O2S. The monoisotopic (exact) mass is 534 g/mol. The molecule has 1 amide bonds. The number of aliphatic hydroxyl groups excluding tert-OH is 1. The van der Waals surface area contributed by atoms with Crippen molar-refractivity contribution in [1.82, 2.24) is 15.2 Å². The van der Waals surface area contributed by atoms with Crippen molar-refractivity contribution in [2.45, 2.75) is 38.5 Å². The number of nitrogens with zero attached hydrogens (tertiary/aromatic N) is 2. The highest BCUT2D eigenvalue weighted by molar-refractivity contribution is 7.12. The Morgan fingerprint density at radius 3 is 2.47 bits per heavy atom. The van der Waals surface area contributed by atoms with Crippen LogP contribution < -0.4 is 10.6 Å². The van der Waals surface area contributed by atoms with Crippen LogP contribution in [0, 0.1) is 23.0 Å². The Morgan fingerprint density at radius 1 is 1.08 bits per heavy atom. The molecular weight excluding hydrogens is 506 g/mol. The van der Waals surface area contributed by atoms with Crippen LogP contribution in [0.2, 0.25) is 0 Å². The molecule has 38 heavy (non-hydrogen) atoms. The molecule has 0 bridgehead atoms. The number of benzene rings is 2. The first-order chi connectivity index (χ1) is 18.4. The third-order valence-electron chi connectivity index (χ3n) is 6.20. The average Bonchev–Trinajstić information content (AvgIpc) is 3.57. The van der Waals surface area contributed by atoms with E-state index in [9.17, 15) is 23.9 Å². The Labute approximate surface area is 224 Å². The predicted octanol–water partition coefficient (Wildman–Crippen LogP) is 4.74. The van der Waals surface area contributed by atoms with E-state index in [1.165, 1.54) is 17.7 Å². The van der Waals surface area contributed by atoms with Gasteiger partial charge in [-0.2, -0.15) is 5.26 Å². The number of aliphatic hydroxyl groups is 1. The fourth-order valence-corrected chi connectivity index (χ4v) is 5.19. The molecule has 0 aliphatic carbocycles. The first kappa shape index (κ1) is 27.2. The summed E-state index contributed by atoms with van der Waals surface area (Å²) in [4.78, 5) is 13.7. The van der Waals surface area contributed by atoms with Gasteiger partial charge in [0.2, 0.25) is 0 Å². The van der Waals surface area contributed by atoms with Crippen molar-refractivity contribution >= 4 is 17.2 Å². The molecule has 9 heteroatoms. The first-order valence-electron chi connectivity index (χ1n) is 12.2. The van der Waals surface area contributed by atoms with Crippen molar-refractivity contribution in [3.05, 3.63) is 111 Å². The minimum atomic E-state index is -1.06. The molecule has 0 spiro atoms. The SMILES string of the molecule is CCc1cccc(CNC[C@H](O)[C@H](Cc2cc(F)cc(F)c2)NC(=O)c2scc(C#N)c2-n2cccc2)c1. The maximum absolute atomic E-state index is 13.9. The maximum Gasteiger partial charge on any atom is 0.263 e. The highest BCUT2D eigenvalue weighted by Gasteiger charge is 2.26. The van der Waals surface area contributed by atoms with Crippen LogP contribution in [0.15, 0.2) is 72.4 Å². The fourth-order valence-electron chi connectivity index (χ4n) is 4.30. The molecule has 0 aliphatic heterocycles. The van der Waals surface area contributed by atoms with Crippen LogP contribution in [-0.2, 0) is 19.4 Å². The van der Waals surface area contributed by atoms with Crippen molar-refractivity contribution in [2.24, 2.45) is 0 Å². The number of carbonyl (C=O) groups is 1. The van der Waals surface area contributed by atoms with Crippen LogP contribution in [-0.4, -0.2) is 34.3 Å². The van der Waals surface area contributed by atoms with Crippen LogP contribution in [0.3, 0.4) is 0 Å². The maximum atomic E-state index is 13.9. The van der Waals surface area contributed by atoms with Gasteiger partial charge in [-0.3, -0.25) is 4.79 Å². The van der Waals surface area contributed by atoms with Gasteiger partial charge in [0.15, 0.2) is 0 Å². The number of halogens is 2. The van der Waals surface area contributed by atoms with Crippen molar-refractivity contribution in [3.63, 3.8) is 0 Å². The summed E-state index contributed by atoms with van der Waals surface area (Å²) in [5.41, 5.74) is 3.35. The van der Waals surface area contributed by atoms with E-state index in [1.54, 1.807) is 34.5 Å². The van der Waals surface area contributed by atoms with Gasteiger partial charge in [0.25, 0.3) is 5.91 Å². The van der Waals surface area contributed by atoms with Gasteiger partial charge >= 0.3 is 0 Å². The summed E-state index contributed by atoms with van der Waals surface area (Å²) in [5.74, 6) is -1.96. The van der Waals surface area contributed by atoms with Gasteiger partial charge in [-0.15, -0.1) is 11.3 Å². The molecule has 4 aromatic rings. The number of hydrogen-bond acceptors (Lipinski definition) is 5. The summed E-state index contributed by atoms with van der Waals surface area (Å²) in [6.07, 6.45) is 3.32. The van der Waals surface area contributed by atoms with Gasteiger partial charge in [-0.25, -0.2) is 8.78 Å². The molecule has 4 rings (SSSR count). The largest absolute Gasteiger partial charge is 0.390 e. The lowest BCUT2D eigenvalue weighted by Crippen LogP contribution is -2.48. The molecule has 2 aromatic heterocycles. The normalized spacial score (nSPS) is 12.6. The Hall–Kier alpha value is -3.84. The van der Waals surface area contributed by atoms with E-state index < -0.39 is 29.7 Å². The summed E-state index contributed by atoms with van der Waals surface area (Å²) < 4.78 is 29.4. The Morgan fingerprint density at radius 2 is 1.79 bits per heavy atom. The number of aryl methyl sites for hydroxylation is 1. The van der Waals surface area contributed by atoms with Crippen LogP contribution in [0.5, 0.6) is 0 Å². The number of nitriles is 1. The molecule has 2 aromatic carbocycles. The number of nitrogens with one attached hydrogen (secondary N) is 2. The Kier molecular flexibility index (Phi) is 9.02. The lowest BCUT2D eigenvalue weighted by Gasteiger charge is -2.25. The van der Waals surface area contributed by atoms with Crippen molar-refractivity contribution in [1.29, 1.82) is 5.26 Å². The second-order valence-electron chi connectivity index (χ2n) is 8.96. The number of amides is 1. The number of hydrogen-bond donors (Lipinski definition) is 3. The van der Waals surface area contributed by atoms with Gasteiger partial charge in [-0.05, 0) is 53.8 Å². The highest BCUT2D eigenvalue weighted by Crippen LogP contribution is 2.27. The highest BCUT2D eigenvalue weighted by atomic mass is 32.1. The molecule has 196 valence electrons. The van der Waals surface area contributed by atoms with Gasteiger partial charge in [0.1, 0.15) is 22.6 Å². The van der Waals surface area contributed by atoms with E-state index in [-0.39, 0.29) is 13.0 Å². The van der Waals surface area contributed by atoms with E-state index >= 15 is 0 Å². The van der Waals surface area contributed by atoms with E-state index in [0.29, 0.717) is 28.2 Å². The number of thiophene rings is 1. The number of rotatable bonds is 11. The third kappa shape index (κ3) is 6.72. The second kappa shape index (κ2) is 12.6. The molecule has 2 atom stereocenters. The lowest BCUT2D eigenvalue weighted by molar-refractivity contribution is 0.0833. The van der Waals surface area contributed by atoms with E-state index in [2.05, 4.69) is 29.7 Å². The smallest absolute Gasteiger partial charge is 0.263 e. The predicted molar refractivity (Wildman–Crippen MR) is 143 cm³/mol. The molecule has 6 nitrogen and oxygen atoms in total. The summed E-state index contributed by atoms with van der Waals surface area (Å²) in [5, 5.41) is 28.3. The van der Waals surface area contributed by atoms with Crippen molar-refractivity contribution < 1.29 is 18.7 Å². The molecule has 0 saturated heterocycles. The summed E-state index contributed by atoms with van der Waals surface area (Å²) in [7, 11) is 0. The topological polar surface area (TPSA) is 90.1 Å². The van der Waals surface area contributed by atoms with Crippen molar-refractivity contribution in [3.8, 4) is 11.8 Å². The summed E-state index contributed by atoms with van der Waals surface area (Å²) >= 11 is 1.12. The van der Waals surface area contributed by atoms with Gasteiger partial charge < -0.3 is 20.3 Å². The molecule has 2 heterocycles. The first-order valence-corrected chi connectivity index (χ1v) is 13.1. The zero-order valence-corrected chi connectivity index (χ0v) is 21.6. The van der Waals surface area contributed by atoms with Gasteiger partial charge in [0.05, 0.1) is 23.4 Å². The van der Waals surface area contributed by atoms with Gasteiger partial charge in [0, 0.05) is 36.9 Å². The lowest BCUT2D eigenvalue weighted by atomic mass is 10.00. The molecule has 0 fully saturated rings. The average molecular weight is 535 g/mol. The zero-order valence-electron chi connectivity index (χ0n) is 20.8. The quantitative estimate of drug-likeness (QED) is 0.259.